The predicted octanol–water partition coefficient (Wildman–Crippen LogP) is 4.14. The Morgan fingerprint density at radius 3 is 2.37 bits per heavy atom. The van der Waals surface area contributed by atoms with E-state index in [4.69, 9.17) is 5.73 Å². The first kappa shape index (κ1) is 21.3. The maximum atomic E-state index is 12.4. The minimum atomic E-state index is -2.38. The number of amides is 1. The number of rotatable bonds is 7. The molecule has 0 spiro atoms. The quantitative estimate of drug-likeness (QED) is 0.443. The Labute approximate surface area is 178 Å². The molecule has 0 saturated carbocycles. The predicted molar refractivity (Wildman–Crippen MR) is 122 cm³/mol. The number of benzene rings is 3. The summed E-state index contributed by atoms with van der Waals surface area (Å²) in [7, 11) is 0. The summed E-state index contributed by atoms with van der Waals surface area (Å²) in [6.45, 7) is 2.15. The summed E-state index contributed by atoms with van der Waals surface area (Å²) in [6, 6.07) is 21.3. The highest BCUT2D eigenvalue weighted by atomic mass is 32.2. The number of anilines is 3. The molecule has 3 N–H and O–H groups in total. The van der Waals surface area contributed by atoms with Crippen molar-refractivity contribution in [3.8, 4) is 0 Å². The van der Waals surface area contributed by atoms with Crippen molar-refractivity contribution in [3.63, 3.8) is 0 Å². The molecule has 6 nitrogen and oxygen atoms in total. The lowest BCUT2D eigenvalue weighted by atomic mass is 10.1. The Hall–Kier alpha value is -3.42. The highest BCUT2D eigenvalue weighted by molar-refractivity contribution is 7.80. The van der Waals surface area contributed by atoms with Crippen LogP contribution >= 0.6 is 0 Å². The molecule has 0 saturated heterocycles. The fraction of sp³-hybridized carbons (Fsp3) is 0.0870. The molecule has 0 fully saturated rings. The van der Waals surface area contributed by atoms with E-state index in [0.717, 1.165) is 11.1 Å². The lowest BCUT2D eigenvalue weighted by Gasteiger charge is -2.25. The molecule has 30 heavy (non-hydrogen) atoms. The number of para-hydroxylation sites is 2. The first-order valence-electron chi connectivity index (χ1n) is 9.30. The molecule has 154 valence electrons. The number of carbonyl (C=O) groups is 1. The van der Waals surface area contributed by atoms with Crippen LogP contribution in [0.1, 0.15) is 21.5 Å². The average molecular weight is 421 g/mol. The molecule has 0 aliphatic heterocycles. The number of hydrogen-bond acceptors (Lipinski definition) is 4. The Morgan fingerprint density at radius 1 is 1.07 bits per heavy atom. The van der Waals surface area contributed by atoms with Crippen LogP contribution in [0.4, 0.5) is 17.1 Å². The Morgan fingerprint density at radius 2 is 1.73 bits per heavy atom. The van der Waals surface area contributed by atoms with E-state index in [9.17, 15) is 13.6 Å². The maximum absolute atomic E-state index is 12.4. The summed E-state index contributed by atoms with van der Waals surface area (Å²) in [6.07, 6.45) is 3.57. The summed E-state index contributed by atoms with van der Waals surface area (Å²) in [5.41, 5.74) is 9.93. The zero-order valence-corrected chi connectivity index (χ0v) is 17.3. The number of nitrogens with two attached hydrogens (primary N) is 1. The molecule has 1 atom stereocenters. The smallest absolute Gasteiger partial charge is 0.255 e. The van der Waals surface area contributed by atoms with Crippen molar-refractivity contribution < 1.29 is 13.6 Å². The minimum absolute atomic E-state index is 0.203. The lowest BCUT2D eigenvalue weighted by molar-refractivity contribution is 0.102. The highest BCUT2D eigenvalue weighted by Crippen LogP contribution is 2.19. The fourth-order valence-electron chi connectivity index (χ4n) is 2.80. The van der Waals surface area contributed by atoms with Gasteiger partial charge >= 0.3 is 0 Å². The third kappa shape index (κ3) is 5.56. The number of hydrogen-bond donors (Lipinski definition) is 2. The number of nitrogens with zero attached hydrogens (tertiary/aromatic N) is 1. The molecular formula is C23H22N3O3S-. The molecule has 1 amide bonds. The van der Waals surface area contributed by atoms with Crippen LogP contribution in [-0.4, -0.2) is 21.2 Å². The number of aryl methyl sites for hydroxylation is 1. The number of carbonyl (C=O) groups excluding carboxylic acids is 1. The third-order valence-corrected chi connectivity index (χ3v) is 5.19. The topological polar surface area (TPSA) is 98.5 Å². The molecule has 0 heterocycles. The largest absolute Gasteiger partial charge is 0.755 e. The van der Waals surface area contributed by atoms with Gasteiger partial charge in [-0.2, -0.15) is 0 Å². The average Bonchev–Trinajstić information content (AvgIpc) is 2.74. The van der Waals surface area contributed by atoms with Crippen molar-refractivity contribution in [2.45, 2.75) is 6.92 Å². The van der Waals surface area contributed by atoms with Gasteiger partial charge in [-0.15, -0.1) is 0 Å². The van der Waals surface area contributed by atoms with E-state index < -0.39 is 11.3 Å². The van der Waals surface area contributed by atoms with Crippen molar-refractivity contribution in [1.29, 1.82) is 0 Å². The van der Waals surface area contributed by atoms with Crippen LogP contribution < -0.4 is 15.4 Å². The van der Waals surface area contributed by atoms with E-state index in [0.29, 0.717) is 22.6 Å². The van der Waals surface area contributed by atoms with Gasteiger partial charge in [0.05, 0.1) is 11.4 Å². The van der Waals surface area contributed by atoms with Crippen LogP contribution in [0.2, 0.25) is 0 Å². The van der Waals surface area contributed by atoms with Crippen molar-refractivity contribution >= 4 is 40.3 Å². The molecule has 0 radical (unpaired) electrons. The lowest BCUT2D eigenvalue weighted by Crippen LogP contribution is -2.25. The highest BCUT2D eigenvalue weighted by Gasteiger charge is 2.08. The minimum Gasteiger partial charge on any atom is -0.755 e. The summed E-state index contributed by atoms with van der Waals surface area (Å²) in [5.74, 6) is -0.254. The maximum Gasteiger partial charge on any atom is 0.255 e. The second-order valence-corrected chi connectivity index (χ2v) is 7.55. The summed E-state index contributed by atoms with van der Waals surface area (Å²) >= 11 is -2.38. The molecule has 0 aliphatic carbocycles. The zero-order valence-electron chi connectivity index (χ0n) is 16.4. The van der Waals surface area contributed by atoms with Gasteiger partial charge < -0.3 is 15.6 Å². The molecule has 3 aromatic carbocycles. The van der Waals surface area contributed by atoms with Crippen LogP contribution in [0.3, 0.4) is 0 Å². The molecule has 7 heteroatoms. The van der Waals surface area contributed by atoms with Gasteiger partial charge in [-0.3, -0.25) is 13.3 Å². The standard InChI is InChI=1S/C23H23N3O3S/c1-17-8-14-20(15-9-17)26(30(28)29)16-4-5-18-10-12-19(13-11-18)23(27)25-22-7-3-2-6-21(22)24/h2-15H,16,24H2,1H3,(H,25,27)(H,28,29)/p-1. The Balaban J connectivity index is 1.63. The van der Waals surface area contributed by atoms with Gasteiger partial charge in [0.25, 0.3) is 5.91 Å². The molecule has 0 aromatic heterocycles. The van der Waals surface area contributed by atoms with E-state index in [2.05, 4.69) is 5.32 Å². The van der Waals surface area contributed by atoms with Crippen molar-refractivity contribution in [3.05, 3.63) is 95.6 Å². The van der Waals surface area contributed by atoms with Gasteiger partial charge in [0, 0.05) is 29.1 Å². The molecule has 3 aromatic rings. The number of nitrogens with one attached hydrogen (secondary N) is 1. The van der Waals surface area contributed by atoms with E-state index in [1.165, 1.54) is 4.31 Å². The van der Waals surface area contributed by atoms with Gasteiger partial charge in [-0.1, -0.05) is 54.1 Å². The first-order valence-corrected chi connectivity index (χ1v) is 10.3. The van der Waals surface area contributed by atoms with Crippen LogP contribution in [-0.2, 0) is 11.3 Å². The van der Waals surface area contributed by atoms with Gasteiger partial charge in [-0.25, -0.2) is 0 Å². The van der Waals surface area contributed by atoms with E-state index in [1.54, 1.807) is 66.7 Å². The van der Waals surface area contributed by atoms with Crippen LogP contribution in [0, 0.1) is 6.92 Å². The SMILES string of the molecule is Cc1ccc(N(CC=Cc2ccc(C(=O)Nc3ccccc3N)cc2)S(=O)[O-])cc1. The van der Waals surface area contributed by atoms with Crippen molar-refractivity contribution in [2.75, 3.05) is 21.9 Å². The monoisotopic (exact) mass is 420 g/mol. The summed E-state index contributed by atoms with van der Waals surface area (Å²) in [5, 5.41) is 2.78. The molecule has 0 bridgehead atoms. The van der Waals surface area contributed by atoms with Crippen molar-refractivity contribution in [2.24, 2.45) is 0 Å². The van der Waals surface area contributed by atoms with Gasteiger partial charge in [0.15, 0.2) is 0 Å². The third-order valence-electron chi connectivity index (χ3n) is 4.47. The Kier molecular flexibility index (Phi) is 7.00. The molecular weight excluding hydrogens is 398 g/mol. The van der Waals surface area contributed by atoms with Crippen LogP contribution in [0.25, 0.3) is 6.08 Å². The van der Waals surface area contributed by atoms with Gasteiger partial charge in [0.2, 0.25) is 0 Å². The molecule has 1 unspecified atom stereocenters. The summed E-state index contributed by atoms with van der Waals surface area (Å²) in [4.78, 5) is 12.4. The molecule has 3 rings (SSSR count). The van der Waals surface area contributed by atoms with Crippen LogP contribution in [0.15, 0.2) is 78.9 Å². The van der Waals surface area contributed by atoms with Gasteiger partial charge in [-0.05, 0) is 48.9 Å². The van der Waals surface area contributed by atoms with Crippen LogP contribution in [0.5, 0.6) is 0 Å². The molecule has 0 aliphatic rings. The van der Waals surface area contributed by atoms with E-state index >= 15 is 0 Å². The fourth-order valence-corrected chi connectivity index (χ4v) is 3.30. The Bertz CT molecular complexity index is 1060. The van der Waals surface area contributed by atoms with E-state index in [1.807, 2.05) is 25.1 Å². The second kappa shape index (κ2) is 9.87. The van der Waals surface area contributed by atoms with Crippen molar-refractivity contribution in [1.82, 2.24) is 0 Å². The van der Waals surface area contributed by atoms with E-state index in [-0.39, 0.29) is 12.5 Å². The van der Waals surface area contributed by atoms with Gasteiger partial charge in [0.1, 0.15) is 0 Å². The normalized spacial score (nSPS) is 11.9. The number of nitrogen functional groups attached to an aromatic ring is 1. The summed E-state index contributed by atoms with van der Waals surface area (Å²) < 4.78 is 24.4. The zero-order chi connectivity index (χ0) is 21.5. The first-order chi connectivity index (χ1) is 14.4. The second-order valence-electron chi connectivity index (χ2n) is 6.68.